The van der Waals surface area contributed by atoms with Gasteiger partial charge in [-0.05, 0) is 44.5 Å². The standard InChI is InChI=1S/C14H19BrN2O2/c1-10-5-7-16-13(6-8-18)14(19)17(10)12-4-2-3-11(15)9-12/h2-4,9-10,13,16,18H,5-8H2,1H3. The zero-order chi connectivity index (χ0) is 13.8. The smallest absolute Gasteiger partial charge is 0.244 e. The van der Waals surface area contributed by atoms with E-state index in [-0.39, 0.29) is 24.6 Å². The van der Waals surface area contributed by atoms with Crippen molar-refractivity contribution >= 4 is 27.5 Å². The van der Waals surface area contributed by atoms with Gasteiger partial charge in [0.15, 0.2) is 0 Å². The number of anilines is 1. The second kappa shape index (κ2) is 6.50. The average molecular weight is 327 g/mol. The van der Waals surface area contributed by atoms with Crippen LogP contribution in [0.25, 0.3) is 0 Å². The second-order valence-corrected chi connectivity index (χ2v) is 5.76. The minimum atomic E-state index is -0.297. The zero-order valence-electron chi connectivity index (χ0n) is 11.0. The van der Waals surface area contributed by atoms with Crippen molar-refractivity contribution in [2.75, 3.05) is 18.1 Å². The van der Waals surface area contributed by atoms with Crippen LogP contribution < -0.4 is 10.2 Å². The molecule has 0 radical (unpaired) electrons. The number of rotatable bonds is 3. The van der Waals surface area contributed by atoms with Crippen LogP contribution in [0.1, 0.15) is 19.8 Å². The maximum absolute atomic E-state index is 12.6. The fraction of sp³-hybridized carbons (Fsp3) is 0.500. The van der Waals surface area contributed by atoms with Crippen LogP contribution in [-0.4, -0.2) is 36.2 Å². The van der Waals surface area contributed by atoms with Crippen LogP contribution in [0.2, 0.25) is 0 Å². The van der Waals surface area contributed by atoms with Gasteiger partial charge in [0, 0.05) is 22.8 Å². The molecule has 1 aliphatic rings. The summed E-state index contributed by atoms with van der Waals surface area (Å²) in [6.07, 6.45) is 1.36. The molecule has 1 saturated heterocycles. The molecular formula is C14H19BrN2O2. The molecule has 104 valence electrons. The highest BCUT2D eigenvalue weighted by atomic mass is 79.9. The second-order valence-electron chi connectivity index (χ2n) is 4.84. The maximum Gasteiger partial charge on any atom is 0.244 e. The molecule has 0 aliphatic carbocycles. The highest BCUT2D eigenvalue weighted by Crippen LogP contribution is 2.25. The normalized spacial score (nSPS) is 24.4. The van der Waals surface area contributed by atoms with E-state index < -0.39 is 0 Å². The molecule has 1 heterocycles. The van der Waals surface area contributed by atoms with Gasteiger partial charge in [0.05, 0.1) is 6.04 Å². The van der Waals surface area contributed by atoms with E-state index in [9.17, 15) is 4.79 Å². The molecule has 2 rings (SSSR count). The molecule has 0 bridgehead atoms. The zero-order valence-corrected chi connectivity index (χ0v) is 12.6. The summed E-state index contributed by atoms with van der Waals surface area (Å²) in [5.74, 6) is 0.0390. The van der Waals surface area contributed by atoms with Gasteiger partial charge >= 0.3 is 0 Å². The number of aliphatic hydroxyl groups is 1. The molecule has 2 N–H and O–H groups in total. The number of amides is 1. The van der Waals surface area contributed by atoms with Gasteiger partial charge in [-0.3, -0.25) is 4.79 Å². The number of nitrogens with zero attached hydrogens (tertiary/aromatic N) is 1. The van der Waals surface area contributed by atoms with E-state index in [1.807, 2.05) is 29.2 Å². The van der Waals surface area contributed by atoms with Gasteiger partial charge in [0.25, 0.3) is 0 Å². The first kappa shape index (κ1) is 14.5. The summed E-state index contributed by atoms with van der Waals surface area (Å²) >= 11 is 3.44. The highest BCUT2D eigenvalue weighted by Gasteiger charge is 2.31. The Bertz CT molecular complexity index is 453. The summed E-state index contributed by atoms with van der Waals surface area (Å²) < 4.78 is 0.959. The number of hydrogen-bond acceptors (Lipinski definition) is 3. The molecule has 1 aliphatic heterocycles. The molecule has 19 heavy (non-hydrogen) atoms. The molecular weight excluding hydrogens is 308 g/mol. The lowest BCUT2D eigenvalue weighted by Gasteiger charge is -2.29. The van der Waals surface area contributed by atoms with E-state index in [2.05, 4.69) is 28.2 Å². The number of halogens is 1. The van der Waals surface area contributed by atoms with Crippen LogP contribution in [0.15, 0.2) is 28.7 Å². The lowest BCUT2D eigenvalue weighted by atomic mass is 10.1. The minimum Gasteiger partial charge on any atom is -0.396 e. The van der Waals surface area contributed by atoms with Crippen molar-refractivity contribution in [3.63, 3.8) is 0 Å². The molecule has 0 saturated carbocycles. The van der Waals surface area contributed by atoms with Gasteiger partial charge in [0.2, 0.25) is 5.91 Å². The fourth-order valence-corrected chi connectivity index (χ4v) is 2.82. The van der Waals surface area contributed by atoms with E-state index in [4.69, 9.17) is 5.11 Å². The number of aliphatic hydroxyl groups excluding tert-OH is 1. The number of nitrogens with one attached hydrogen (secondary N) is 1. The van der Waals surface area contributed by atoms with Crippen molar-refractivity contribution < 1.29 is 9.90 Å². The third kappa shape index (κ3) is 3.35. The van der Waals surface area contributed by atoms with Crippen LogP contribution in [0.5, 0.6) is 0 Å². The van der Waals surface area contributed by atoms with Crippen LogP contribution in [0.4, 0.5) is 5.69 Å². The Balaban J connectivity index is 2.30. The minimum absolute atomic E-state index is 0.0180. The van der Waals surface area contributed by atoms with Gasteiger partial charge in [-0.1, -0.05) is 22.0 Å². The number of hydrogen-bond donors (Lipinski definition) is 2. The third-order valence-electron chi connectivity index (χ3n) is 3.43. The van der Waals surface area contributed by atoms with Crippen molar-refractivity contribution in [1.82, 2.24) is 5.32 Å². The molecule has 0 aromatic heterocycles. The van der Waals surface area contributed by atoms with Gasteiger partial charge in [-0.25, -0.2) is 0 Å². The first-order chi connectivity index (χ1) is 9.13. The monoisotopic (exact) mass is 326 g/mol. The Hall–Kier alpha value is -0.910. The predicted octanol–water partition coefficient (Wildman–Crippen LogP) is 1.91. The van der Waals surface area contributed by atoms with Crippen molar-refractivity contribution in [2.45, 2.75) is 31.8 Å². The van der Waals surface area contributed by atoms with Crippen LogP contribution >= 0.6 is 15.9 Å². The third-order valence-corrected chi connectivity index (χ3v) is 3.93. The van der Waals surface area contributed by atoms with Gasteiger partial charge in [-0.15, -0.1) is 0 Å². The summed E-state index contributed by atoms with van der Waals surface area (Å²) in [5.41, 5.74) is 0.901. The van der Waals surface area contributed by atoms with Crippen molar-refractivity contribution in [1.29, 1.82) is 0 Å². The largest absolute Gasteiger partial charge is 0.396 e. The number of benzene rings is 1. The Morgan fingerprint density at radius 2 is 2.32 bits per heavy atom. The van der Waals surface area contributed by atoms with E-state index in [0.717, 1.165) is 23.1 Å². The molecule has 2 atom stereocenters. The molecule has 1 aromatic rings. The van der Waals surface area contributed by atoms with Gasteiger partial charge in [0.1, 0.15) is 0 Å². The van der Waals surface area contributed by atoms with Crippen LogP contribution in [-0.2, 0) is 4.79 Å². The first-order valence-electron chi connectivity index (χ1n) is 6.56. The topological polar surface area (TPSA) is 52.6 Å². The number of carbonyl (C=O) groups excluding carboxylic acids is 1. The molecule has 1 aromatic carbocycles. The molecule has 5 heteroatoms. The van der Waals surface area contributed by atoms with Crippen molar-refractivity contribution in [2.24, 2.45) is 0 Å². The highest BCUT2D eigenvalue weighted by molar-refractivity contribution is 9.10. The lowest BCUT2D eigenvalue weighted by Crippen LogP contribution is -2.46. The molecule has 2 unspecified atom stereocenters. The molecule has 4 nitrogen and oxygen atoms in total. The Labute approximate surface area is 121 Å². The Kier molecular flexibility index (Phi) is 4.96. The molecule has 0 spiro atoms. The molecule has 1 amide bonds. The average Bonchev–Trinajstić information content (AvgIpc) is 2.50. The van der Waals surface area contributed by atoms with Crippen molar-refractivity contribution in [3.8, 4) is 0 Å². The summed E-state index contributed by atoms with van der Waals surface area (Å²) in [6.45, 7) is 2.87. The van der Waals surface area contributed by atoms with E-state index in [1.54, 1.807) is 0 Å². The number of carbonyl (C=O) groups is 1. The predicted molar refractivity (Wildman–Crippen MR) is 79.2 cm³/mol. The van der Waals surface area contributed by atoms with E-state index in [1.165, 1.54) is 0 Å². The lowest BCUT2D eigenvalue weighted by molar-refractivity contribution is -0.120. The van der Waals surface area contributed by atoms with Crippen molar-refractivity contribution in [3.05, 3.63) is 28.7 Å². The van der Waals surface area contributed by atoms with Gasteiger partial charge in [-0.2, -0.15) is 0 Å². The fourth-order valence-electron chi connectivity index (χ4n) is 2.43. The quantitative estimate of drug-likeness (QED) is 0.892. The maximum atomic E-state index is 12.6. The Morgan fingerprint density at radius 3 is 3.00 bits per heavy atom. The molecule has 1 fully saturated rings. The van der Waals surface area contributed by atoms with Crippen LogP contribution in [0.3, 0.4) is 0 Å². The summed E-state index contributed by atoms with van der Waals surface area (Å²) in [5, 5.41) is 12.3. The van der Waals surface area contributed by atoms with E-state index in [0.29, 0.717) is 6.42 Å². The SMILES string of the molecule is CC1CCNC(CCO)C(=O)N1c1cccc(Br)c1. The summed E-state index contributed by atoms with van der Waals surface area (Å²) in [4.78, 5) is 14.4. The van der Waals surface area contributed by atoms with Gasteiger partial charge < -0.3 is 15.3 Å². The van der Waals surface area contributed by atoms with Crippen LogP contribution in [0, 0.1) is 0 Å². The Morgan fingerprint density at radius 1 is 1.53 bits per heavy atom. The summed E-state index contributed by atoms with van der Waals surface area (Å²) in [6, 6.07) is 7.63. The summed E-state index contributed by atoms with van der Waals surface area (Å²) in [7, 11) is 0. The first-order valence-corrected chi connectivity index (χ1v) is 7.35. The van der Waals surface area contributed by atoms with E-state index >= 15 is 0 Å².